The van der Waals surface area contributed by atoms with Crippen LogP contribution in [0.25, 0.3) is 28.0 Å². The first-order valence-corrected chi connectivity index (χ1v) is 12.1. The highest BCUT2D eigenvalue weighted by Crippen LogP contribution is 2.41. The number of aliphatic hydroxyl groups excluding tert-OH is 1. The molecule has 8 heteroatoms. The van der Waals surface area contributed by atoms with Crippen LogP contribution in [0.4, 0.5) is 0 Å². The van der Waals surface area contributed by atoms with E-state index in [1.807, 2.05) is 12.1 Å². The smallest absolute Gasteiger partial charge is 0.254 e. The van der Waals surface area contributed by atoms with Crippen molar-refractivity contribution in [1.82, 2.24) is 24.6 Å². The maximum atomic E-state index is 13.1. The molecule has 2 aromatic heterocycles. The van der Waals surface area contributed by atoms with Gasteiger partial charge in [0.25, 0.3) is 11.9 Å². The highest BCUT2D eigenvalue weighted by Gasteiger charge is 2.24. The summed E-state index contributed by atoms with van der Waals surface area (Å²) in [7, 11) is 0. The third kappa shape index (κ3) is 4.19. The minimum atomic E-state index is -0.774. The van der Waals surface area contributed by atoms with Gasteiger partial charge >= 0.3 is 0 Å². The lowest BCUT2D eigenvalue weighted by molar-refractivity contribution is 0.0303. The molecule has 0 bridgehead atoms. The number of carbonyl (C=O) groups is 1. The van der Waals surface area contributed by atoms with Crippen molar-refractivity contribution >= 4 is 16.8 Å². The Morgan fingerprint density at radius 3 is 2.54 bits per heavy atom. The van der Waals surface area contributed by atoms with Gasteiger partial charge in [-0.05, 0) is 48.9 Å². The second kappa shape index (κ2) is 8.87. The van der Waals surface area contributed by atoms with E-state index in [0.717, 1.165) is 16.5 Å². The van der Waals surface area contributed by atoms with Gasteiger partial charge in [-0.3, -0.25) is 4.79 Å². The van der Waals surface area contributed by atoms with Gasteiger partial charge in [-0.25, -0.2) is 9.97 Å². The Hall–Kier alpha value is -3.62. The van der Waals surface area contributed by atoms with Gasteiger partial charge in [0.15, 0.2) is 0 Å². The summed E-state index contributed by atoms with van der Waals surface area (Å²) in [5, 5.41) is 15.7. The molecular weight excluding hydrogens is 442 g/mol. The van der Waals surface area contributed by atoms with Gasteiger partial charge in [-0.2, -0.15) is 9.78 Å². The molecule has 1 saturated carbocycles. The molecular formula is C27H27N5O3. The number of benzene rings is 2. The first kappa shape index (κ1) is 21.9. The fraction of sp³-hybridized carbons (Fsp3) is 0.333. The number of morpholine rings is 1. The van der Waals surface area contributed by atoms with Gasteiger partial charge in [-0.15, -0.1) is 0 Å². The molecule has 1 atom stereocenters. The van der Waals surface area contributed by atoms with Crippen molar-refractivity contribution in [3.05, 3.63) is 71.7 Å². The van der Waals surface area contributed by atoms with Crippen molar-refractivity contribution in [3.8, 4) is 17.1 Å². The molecule has 3 heterocycles. The van der Waals surface area contributed by atoms with Crippen molar-refractivity contribution in [1.29, 1.82) is 0 Å². The van der Waals surface area contributed by atoms with E-state index in [-0.39, 0.29) is 5.91 Å². The second-order valence-electron chi connectivity index (χ2n) is 9.28. The molecule has 1 unspecified atom stereocenters. The third-order valence-electron chi connectivity index (χ3n) is 6.75. The molecule has 2 aromatic carbocycles. The first-order valence-electron chi connectivity index (χ1n) is 12.1. The SMILES string of the molecule is CC(O)c1nn(-c2ncc(-c3cccc(C4CC4)c3)cn2)c2cc(C(=O)N3CCOCC3)ccc12. The molecule has 0 radical (unpaired) electrons. The quantitative estimate of drug-likeness (QED) is 0.477. The number of rotatable bonds is 5. The average Bonchev–Trinajstić information content (AvgIpc) is 3.69. The van der Waals surface area contributed by atoms with Gasteiger partial charge in [0.2, 0.25) is 0 Å². The van der Waals surface area contributed by atoms with Gasteiger partial charge in [0, 0.05) is 42.0 Å². The molecule has 1 aliphatic heterocycles. The number of hydrogen-bond donors (Lipinski definition) is 1. The van der Waals surface area contributed by atoms with Gasteiger partial charge in [0.05, 0.1) is 30.5 Å². The normalized spacial score (nSPS) is 17.0. The highest BCUT2D eigenvalue weighted by atomic mass is 16.5. The third-order valence-corrected chi connectivity index (χ3v) is 6.75. The predicted molar refractivity (Wildman–Crippen MR) is 131 cm³/mol. The number of aromatic nitrogens is 4. The Labute approximate surface area is 203 Å². The standard InChI is InChI=1S/C27H27N5O3/c1-17(33)25-23-8-7-21(26(34)31-9-11-35-12-10-31)14-24(23)32(30-25)27-28-15-22(16-29-27)20-4-2-3-19(13-20)18-5-6-18/h2-4,7-8,13-18,33H,5-6,9-12H2,1H3. The van der Waals surface area contributed by atoms with Gasteiger partial charge < -0.3 is 14.7 Å². The van der Waals surface area contributed by atoms with Crippen molar-refractivity contribution < 1.29 is 14.6 Å². The molecule has 1 N–H and O–H groups in total. The summed E-state index contributed by atoms with van der Waals surface area (Å²) in [6, 6.07) is 14.0. The number of carbonyl (C=O) groups excluding carboxylic acids is 1. The lowest BCUT2D eigenvalue weighted by Crippen LogP contribution is -2.40. The number of amides is 1. The van der Waals surface area contributed by atoms with Crippen LogP contribution in [0.2, 0.25) is 0 Å². The molecule has 6 rings (SSSR count). The Bertz CT molecular complexity index is 1390. The van der Waals surface area contributed by atoms with E-state index >= 15 is 0 Å². The van der Waals surface area contributed by atoms with Crippen molar-refractivity contribution in [2.75, 3.05) is 26.3 Å². The van der Waals surface area contributed by atoms with Crippen LogP contribution in [-0.4, -0.2) is 62.0 Å². The first-order chi connectivity index (χ1) is 17.1. The maximum Gasteiger partial charge on any atom is 0.254 e. The van der Waals surface area contributed by atoms with Crippen molar-refractivity contribution in [2.24, 2.45) is 0 Å². The monoisotopic (exact) mass is 469 g/mol. The lowest BCUT2D eigenvalue weighted by atomic mass is 10.0. The summed E-state index contributed by atoms with van der Waals surface area (Å²) in [5.74, 6) is 1.02. The Balaban J connectivity index is 1.37. The van der Waals surface area contributed by atoms with Crippen LogP contribution in [0.5, 0.6) is 0 Å². The molecule has 1 saturated heterocycles. The topological polar surface area (TPSA) is 93.4 Å². The number of hydrogen-bond acceptors (Lipinski definition) is 6. The van der Waals surface area contributed by atoms with Gasteiger partial charge in [0.1, 0.15) is 0 Å². The molecule has 2 fully saturated rings. The van der Waals surface area contributed by atoms with Crippen LogP contribution in [0.1, 0.15) is 53.4 Å². The van der Waals surface area contributed by atoms with Crippen LogP contribution >= 0.6 is 0 Å². The van der Waals surface area contributed by atoms with E-state index in [4.69, 9.17) is 4.74 Å². The maximum absolute atomic E-state index is 13.1. The van der Waals surface area contributed by atoms with Crippen LogP contribution in [0.3, 0.4) is 0 Å². The number of ether oxygens (including phenoxy) is 1. The van der Waals surface area contributed by atoms with E-state index < -0.39 is 6.10 Å². The summed E-state index contributed by atoms with van der Waals surface area (Å²) in [5.41, 5.74) is 5.16. The fourth-order valence-corrected chi connectivity index (χ4v) is 4.65. The number of aliphatic hydroxyl groups is 1. The van der Waals surface area contributed by atoms with E-state index in [1.54, 1.807) is 35.0 Å². The Morgan fingerprint density at radius 2 is 1.83 bits per heavy atom. The summed E-state index contributed by atoms with van der Waals surface area (Å²) in [6.45, 7) is 3.91. The molecule has 178 valence electrons. The lowest BCUT2D eigenvalue weighted by Gasteiger charge is -2.26. The number of fused-ring (bicyclic) bond motifs is 1. The van der Waals surface area contributed by atoms with E-state index in [2.05, 4.69) is 39.3 Å². The van der Waals surface area contributed by atoms with Crippen molar-refractivity contribution in [3.63, 3.8) is 0 Å². The Kier molecular flexibility index (Phi) is 5.54. The Morgan fingerprint density at radius 1 is 1.06 bits per heavy atom. The van der Waals surface area contributed by atoms with Crippen LogP contribution < -0.4 is 0 Å². The minimum Gasteiger partial charge on any atom is -0.387 e. The fourth-order valence-electron chi connectivity index (χ4n) is 4.65. The average molecular weight is 470 g/mol. The molecule has 1 aliphatic carbocycles. The van der Waals surface area contributed by atoms with E-state index in [9.17, 15) is 9.90 Å². The van der Waals surface area contributed by atoms with Crippen LogP contribution in [0, 0.1) is 0 Å². The summed E-state index contributed by atoms with van der Waals surface area (Å²) in [6.07, 6.45) is 5.34. The second-order valence-corrected chi connectivity index (χ2v) is 9.28. The number of nitrogens with zero attached hydrogens (tertiary/aromatic N) is 5. The molecule has 4 aromatic rings. The largest absolute Gasteiger partial charge is 0.387 e. The molecule has 0 spiro atoms. The molecule has 8 nitrogen and oxygen atoms in total. The molecule has 35 heavy (non-hydrogen) atoms. The van der Waals surface area contributed by atoms with Crippen LogP contribution in [-0.2, 0) is 4.74 Å². The zero-order valence-corrected chi connectivity index (χ0v) is 19.6. The summed E-state index contributed by atoms with van der Waals surface area (Å²) < 4.78 is 6.98. The van der Waals surface area contributed by atoms with E-state index in [1.165, 1.54) is 18.4 Å². The molecule has 1 amide bonds. The van der Waals surface area contributed by atoms with Crippen molar-refractivity contribution in [2.45, 2.75) is 31.8 Å². The highest BCUT2D eigenvalue weighted by molar-refractivity contribution is 5.98. The summed E-state index contributed by atoms with van der Waals surface area (Å²) in [4.78, 5) is 24.1. The van der Waals surface area contributed by atoms with Crippen LogP contribution in [0.15, 0.2) is 54.9 Å². The van der Waals surface area contributed by atoms with E-state index in [0.29, 0.717) is 54.9 Å². The summed E-state index contributed by atoms with van der Waals surface area (Å²) >= 11 is 0. The minimum absolute atomic E-state index is 0.0478. The molecule has 2 aliphatic rings. The van der Waals surface area contributed by atoms with Gasteiger partial charge in [-0.1, -0.05) is 30.3 Å². The predicted octanol–water partition coefficient (Wildman–Crippen LogP) is 3.89. The zero-order valence-electron chi connectivity index (χ0n) is 19.6. The zero-order chi connectivity index (χ0) is 23.9.